The maximum absolute atomic E-state index is 12.0. The van der Waals surface area contributed by atoms with Gasteiger partial charge in [-0.1, -0.05) is 11.8 Å². The van der Waals surface area contributed by atoms with E-state index in [4.69, 9.17) is 5.11 Å². The first-order valence-electron chi connectivity index (χ1n) is 4.03. The molecule has 0 aliphatic heterocycles. The third kappa shape index (κ3) is 3.56. The molecule has 1 N–H and O–H groups in total. The summed E-state index contributed by atoms with van der Waals surface area (Å²) in [6, 6.07) is 0. The minimum atomic E-state index is -4.53. The van der Waals surface area contributed by atoms with Crippen LogP contribution in [0.1, 0.15) is 17.8 Å². The van der Waals surface area contributed by atoms with Gasteiger partial charge in [0.2, 0.25) is 5.82 Å². The van der Waals surface area contributed by atoms with Crippen molar-refractivity contribution in [3.8, 4) is 11.8 Å². The predicted molar refractivity (Wildman–Crippen MR) is 45.6 cm³/mol. The maximum Gasteiger partial charge on any atom is 0.451 e. The van der Waals surface area contributed by atoms with Crippen molar-refractivity contribution in [3.63, 3.8) is 0 Å². The van der Waals surface area contributed by atoms with E-state index >= 15 is 0 Å². The van der Waals surface area contributed by atoms with Crippen molar-refractivity contribution < 1.29 is 18.3 Å². The lowest BCUT2D eigenvalue weighted by Gasteiger charge is -2.02. The molecule has 1 aromatic rings. The molecule has 0 saturated carbocycles. The van der Waals surface area contributed by atoms with E-state index < -0.39 is 12.0 Å². The van der Waals surface area contributed by atoms with Gasteiger partial charge < -0.3 is 5.11 Å². The minimum Gasteiger partial charge on any atom is -0.395 e. The predicted octanol–water partition coefficient (Wildman–Crippen LogP) is 1.23. The van der Waals surface area contributed by atoms with Gasteiger partial charge in [0, 0.05) is 18.8 Å². The third-order valence-corrected chi connectivity index (χ3v) is 1.37. The lowest BCUT2D eigenvalue weighted by atomic mass is 10.3. The average molecular weight is 216 g/mol. The molecule has 0 unspecified atom stereocenters. The molecule has 0 amide bonds. The maximum atomic E-state index is 12.0. The zero-order valence-corrected chi connectivity index (χ0v) is 7.54. The van der Waals surface area contributed by atoms with Crippen LogP contribution in [-0.4, -0.2) is 21.7 Å². The van der Waals surface area contributed by atoms with Crippen molar-refractivity contribution >= 4 is 0 Å². The first kappa shape index (κ1) is 11.5. The van der Waals surface area contributed by atoms with E-state index in [1.807, 2.05) is 0 Å². The van der Waals surface area contributed by atoms with E-state index in [2.05, 4.69) is 21.8 Å². The number of halogens is 3. The number of hydrogen-bond acceptors (Lipinski definition) is 3. The molecule has 1 rings (SSSR count). The summed E-state index contributed by atoms with van der Waals surface area (Å²) < 4.78 is 36.1. The number of rotatable bonds is 1. The molecule has 0 radical (unpaired) electrons. The molecule has 0 spiro atoms. The van der Waals surface area contributed by atoms with Crippen molar-refractivity contribution in [2.24, 2.45) is 0 Å². The van der Waals surface area contributed by atoms with Crippen LogP contribution in [0.2, 0.25) is 0 Å². The summed E-state index contributed by atoms with van der Waals surface area (Å²) in [7, 11) is 0. The average Bonchev–Trinajstić information content (AvgIpc) is 2.18. The van der Waals surface area contributed by atoms with Crippen molar-refractivity contribution in [2.75, 3.05) is 6.61 Å². The van der Waals surface area contributed by atoms with Gasteiger partial charge >= 0.3 is 6.18 Å². The summed E-state index contributed by atoms with van der Waals surface area (Å²) in [6.45, 7) is -0.0888. The molecule has 0 aromatic carbocycles. The van der Waals surface area contributed by atoms with Crippen LogP contribution in [0.25, 0.3) is 0 Å². The largest absolute Gasteiger partial charge is 0.451 e. The third-order valence-electron chi connectivity index (χ3n) is 1.37. The number of aliphatic hydroxyl groups is 1. The van der Waals surface area contributed by atoms with Crippen LogP contribution in [0.3, 0.4) is 0 Å². The lowest BCUT2D eigenvalue weighted by molar-refractivity contribution is -0.145. The fraction of sp³-hybridized carbons (Fsp3) is 0.333. The normalized spacial score (nSPS) is 10.7. The summed E-state index contributed by atoms with van der Waals surface area (Å²) in [5.41, 5.74) is 0.288. The summed E-state index contributed by atoms with van der Waals surface area (Å²) >= 11 is 0. The van der Waals surface area contributed by atoms with Crippen molar-refractivity contribution in [2.45, 2.75) is 12.6 Å². The molecule has 0 aliphatic carbocycles. The zero-order chi connectivity index (χ0) is 11.3. The zero-order valence-electron chi connectivity index (χ0n) is 7.54. The summed E-state index contributed by atoms with van der Waals surface area (Å²) in [6.07, 6.45) is -2.27. The van der Waals surface area contributed by atoms with Gasteiger partial charge in [0.25, 0.3) is 0 Å². The topological polar surface area (TPSA) is 46.0 Å². The molecule has 6 heteroatoms. The van der Waals surface area contributed by atoms with Gasteiger partial charge in [-0.3, -0.25) is 0 Å². The molecule has 0 aliphatic rings. The first-order valence-corrected chi connectivity index (χ1v) is 4.03. The first-order chi connectivity index (χ1) is 7.04. The number of alkyl halides is 3. The fourth-order valence-electron chi connectivity index (χ4n) is 0.759. The van der Waals surface area contributed by atoms with E-state index in [1.54, 1.807) is 0 Å². The Morgan fingerprint density at radius 3 is 2.33 bits per heavy atom. The van der Waals surface area contributed by atoms with Crippen LogP contribution in [0.15, 0.2) is 12.4 Å². The molecule has 1 aromatic heterocycles. The summed E-state index contributed by atoms with van der Waals surface area (Å²) in [4.78, 5) is 6.26. The Balaban J connectivity index is 2.79. The monoisotopic (exact) mass is 216 g/mol. The van der Waals surface area contributed by atoms with Crippen molar-refractivity contribution in [3.05, 3.63) is 23.8 Å². The van der Waals surface area contributed by atoms with Crippen LogP contribution in [-0.2, 0) is 6.18 Å². The second kappa shape index (κ2) is 4.75. The molecule has 0 fully saturated rings. The Morgan fingerprint density at radius 2 is 1.87 bits per heavy atom. The highest BCUT2D eigenvalue weighted by Crippen LogP contribution is 2.25. The van der Waals surface area contributed by atoms with E-state index in [-0.39, 0.29) is 18.6 Å². The molecule has 1 heterocycles. The van der Waals surface area contributed by atoms with Crippen molar-refractivity contribution in [1.82, 2.24) is 9.97 Å². The fourth-order valence-corrected chi connectivity index (χ4v) is 0.759. The van der Waals surface area contributed by atoms with Crippen LogP contribution >= 0.6 is 0 Å². The van der Waals surface area contributed by atoms with Gasteiger partial charge in [-0.15, -0.1) is 0 Å². The van der Waals surface area contributed by atoms with E-state index in [1.165, 1.54) is 0 Å². The highest BCUT2D eigenvalue weighted by molar-refractivity contribution is 5.29. The van der Waals surface area contributed by atoms with Crippen LogP contribution in [0.4, 0.5) is 13.2 Å². The van der Waals surface area contributed by atoms with Crippen molar-refractivity contribution in [1.29, 1.82) is 0 Å². The molecule has 15 heavy (non-hydrogen) atoms. The van der Waals surface area contributed by atoms with E-state index in [0.29, 0.717) is 0 Å². The van der Waals surface area contributed by atoms with E-state index in [9.17, 15) is 13.2 Å². The highest BCUT2D eigenvalue weighted by atomic mass is 19.4. The number of nitrogens with zero attached hydrogens (tertiary/aromatic N) is 2. The highest BCUT2D eigenvalue weighted by Gasteiger charge is 2.34. The van der Waals surface area contributed by atoms with Gasteiger partial charge in [-0.25, -0.2) is 9.97 Å². The van der Waals surface area contributed by atoms with Crippen LogP contribution in [0.5, 0.6) is 0 Å². The molecular formula is C9H7F3N2O. The standard InChI is InChI=1S/C9H7F3N2O/c10-9(11,12)8-13-5-7(6-14-8)3-1-2-4-15/h5-6,15H,2,4H2. The second-order valence-electron chi connectivity index (χ2n) is 2.57. The van der Waals surface area contributed by atoms with Crippen LogP contribution in [0, 0.1) is 11.8 Å². The van der Waals surface area contributed by atoms with Gasteiger partial charge in [0.15, 0.2) is 0 Å². The molecule has 0 bridgehead atoms. The Morgan fingerprint density at radius 1 is 1.27 bits per heavy atom. The Kier molecular flexibility index (Phi) is 3.63. The smallest absolute Gasteiger partial charge is 0.395 e. The number of aromatic nitrogens is 2. The summed E-state index contributed by atoms with van der Waals surface area (Å²) in [5.74, 6) is 3.89. The second-order valence-corrected chi connectivity index (χ2v) is 2.57. The Hall–Kier alpha value is -1.61. The minimum absolute atomic E-state index is 0.0888. The SMILES string of the molecule is OCCC#Cc1cnc(C(F)(F)F)nc1. The van der Waals surface area contributed by atoms with E-state index in [0.717, 1.165) is 12.4 Å². The van der Waals surface area contributed by atoms with Gasteiger partial charge in [0.05, 0.1) is 12.2 Å². The molecule has 0 saturated heterocycles. The van der Waals surface area contributed by atoms with Crippen LogP contribution < -0.4 is 0 Å². The summed E-state index contributed by atoms with van der Waals surface area (Å²) in [5, 5.41) is 8.41. The lowest BCUT2D eigenvalue weighted by Crippen LogP contribution is -2.10. The Bertz CT molecular complexity index is 375. The molecule has 3 nitrogen and oxygen atoms in total. The number of hydrogen-bond donors (Lipinski definition) is 1. The van der Waals surface area contributed by atoms with Gasteiger partial charge in [0.1, 0.15) is 0 Å². The quantitative estimate of drug-likeness (QED) is 0.718. The molecular weight excluding hydrogens is 209 g/mol. The molecule has 80 valence electrons. The molecule has 0 atom stereocenters. The van der Waals surface area contributed by atoms with Gasteiger partial charge in [-0.05, 0) is 0 Å². The number of aliphatic hydroxyl groups excluding tert-OH is 1. The van der Waals surface area contributed by atoms with Gasteiger partial charge in [-0.2, -0.15) is 13.2 Å². The Labute approximate surface area is 84.0 Å².